The zero-order valence-corrected chi connectivity index (χ0v) is 11.9. The second-order valence-electron chi connectivity index (χ2n) is 0.813. The Bertz CT molecular complexity index is 31.2. The van der Waals surface area contributed by atoms with E-state index in [1.807, 2.05) is 21.6 Å². The van der Waals surface area contributed by atoms with Crippen LogP contribution in [0.5, 0.6) is 0 Å². The SMILES string of the molecule is CCSSCC.[H-].[H-].[Na+].[Na+]. The molecule has 0 aromatic heterocycles. The molecule has 0 heterocycles. The van der Waals surface area contributed by atoms with Crippen LogP contribution < -0.4 is 59.1 Å². The van der Waals surface area contributed by atoms with E-state index in [4.69, 9.17) is 0 Å². The van der Waals surface area contributed by atoms with Crippen LogP contribution in [0.15, 0.2) is 0 Å². The molecule has 0 aromatic carbocycles. The maximum absolute atomic E-state index is 2.17. The molecule has 0 rings (SSSR count). The first kappa shape index (κ1) is 17.0. The topological polar surface area (TPSA) is 0 Å². The van der Waals surface area contributed by atoms with Gasteiger partial charge in [0.1, 0.15) is 0 Å². The Balaban J connectivity index is -0.0000000208. The van der Waals surface area contributed by atoms with Crippen LogP contribution in [0.4, 0.5) is 0 Å². The van der Waals surface area contributed by atoms with Crippen LogP contribution in [0.2, 0.25) is 0 Å². The summed E-state index contributed by atoms with van der Waals surface area (Å²) < 4.78 is 0. The van der Waals surface area contributed by atoms with Crippen molar-refractivity contribution >= 4 is 21.6 Å². The summed E-state index contributed by atoms with van der Waals surface area (Å²) in [7, 11) is 3.85. The van der Waals surface area contributed by atoms with E-state index in [0.717, 1.165) is 0 Å². The molecule has 0 radical (unpaired) electrons. The maximum Gasteiger partial charge on any atom is 1.00 e. The predicted octanol–water partition coefficient (Wildman–Crippen LogP) is -3.36. The first-order chi connectivity index (χ1) is 2.91. The van der Waals surface area contributed by atoms with Gasteiger partial charge in [0.15, 0.2) is 0 Å². The van der Waals surface area contributed by atoms with Gasteiger partial charge >= 0.3 is 59.1 Å². The van der Waals surface area contributed by atoms with Gasteiger partial charge in [0.25, 0.3) is 0 Å². The molecule has 0 fully saturated rings. The van der Waals surface area contributed by atoms with Gasteiger partial charge in [-0.2, -0.15) is 0 Å². The van der Waals surface area contributed by atoms with Crippen molar-refractivity contribution in [2.45, 2.75) is 13.8 Å². The summed E-state index contributed by atoms with van der Waals surface area (Å²) in [6.45, 7) is 4.35. The average molecular weight is 170 g/mol. The minimum atomic E-state index is 0. The molecule has 0 bridgehead atoms. The largest absolute Gasteiger partial charge is 1.00 e. The van der Waals surface area contributed by atoms with Crippen molar-refractivity contribution in [1.29, 1.82) is 0 Å². The predicted molar refractivity (Wildman–Crippen MR) is 38.5 cm³/mol. The summed E-state index contributed by atoms with van der Waals surface area (Å²) in [5, 5.41) is 0. The van der Waals surface area contributed by atoms with Crippen molar-refractivity contribution in [3.63, 3.8) is 0 Å². The normalized spacial score (nSPS) is 6.75. The van der Waals surface area contributed by atoms with E-state index in [1.54, 1.807) is 0 Å². The molecule has 0 aromatic rings. The third-order valence-electron chi connectivity index (χ3n) is 0.319. The molecule has 0 unspecified atom stereocenters. The molecule has 8 heavy (non-hydrogen) atoms. The molecular weight excluding hydrogens is 158 g/mol. The molecule has 0 amide bonds. The summed E-state index contributed by atoms with van der Waals surface area (Å²) in [5.41, 5.74) is 0. The molecule has 4 heteroatoms. The monoisotopic (exact) mass is 170 g/mol. The molecule has 0 atom stereocenters. The van der Waals surface area contributed by atoms with Gasteiger partial charge in [-0.25, -0.2) is 0 Å². The van der Waals surface area contributed by atoms with Gasteiger partial charge in [0.05, 0.1) is 0 Å². The van der Waals surface area contributed by atoms with Crippen LogP contribution in [0.25, 0.3) is 0 Å². The molecule has 0 N–H and O–H groups in total. The van der Waals surface area contributed by atoms with Crippen molar-refractivity contribution in [3.05, 3.63) is 0 Å². The van der Waals surface area contributed by atoms with Crippen LogP contribution in [0.3, 0.4) is 0 Å². The summed E-state index contributed by atoms with van der Waals surface area (Å²) in [5.74, 6) is 2.47. The molecular formula is C4H12Na2S2. The molecule has 0 aliphatic heterocycles. The van der Waals surface area contributed by atoms with E-state index in [2.05, 4.69) is 13.8 Å². The summed E-state index contributed by atoms with van der Waals surface area (Å²) >= 11 is 0. The van der Waals surface area contributed by atoms with E-state index in [9.17, 15) is 0 Å². The fraction of sp³-hybridized carbons (Fsp3) is 1.00. The summed E-state index contributed by atoms with van der Waals surface area (Å²) in [6.07, 6.45) is 0. The summed E-state index contributed by atoms with van der Waals surface area (Å²) in [4.78, 5) is 0. The van der Waals surface area contributed by atoms with Gasteiger partial charge in [-0.1, -0.05) is 35.4 Å². The van der Waals surface area contributed by atoms with E-state index in [-0.39, 0.29) is 62.0 Å². The van der Waals surface area contributed by atoms with Crippen molar-refractivity contribution in [3.8, 4) is 0 Å². The van der Waals surface area contributed by atoms with Crippen LogP contribution in [0, 0.1) is 0 Å². The molecule has 0 aliphatic rings. The minimum absolute atomic E-state index is 0. The van der Waals surface area contributed by atoms with Gasteiger partial charge in [-0.3, -0.25) is 0 Å². The van der Waals surface area contributed by atoms with Gasteiger partial charge < -0.3 is 2.85 Å². The Morgan fingerprint density at radius 3 is 1.38 bits per heavy atom. The van der Waals surface area contributed by atoms with Gasteiger partial charge in [0.2, 0.25) is 0 Å². The second-order valence-corrected chi connectivity index (χ2v) is 3.85. The first-order valence-corrected chi connectivity index (χ1v) is 4.65. The maximum atomic E-state index is 2.17. The molecule has 0 spiro atoms. The number of hydrogen-bond donors (Lipinski definition) is 0. The number of hydrogen-bond acceptors (Lipinski definition) is 2. The quantitative estimate of drug-likeness (QED) is 0.246. The molecule has 0 saturated carbocycles. The number of rotatable bonds is 3. The van der Waals surface area contributed by atoms with E-state index < -0.39 is 0 Å². The molecule has 0 aliphatic carbocycles. The Kier molecular flexibility index (Phi) is 34.7. The Morgan fingerprint density at radius 2 is 1.25 bits per heavy atom. The first-order valence-electron chi connectivity index (χ1n) is 2.16. The minimum Gasteiger partial charge on any atom is -1.00 e. The third-order valence-corrected chi connectivity index (χ3v) is 2.87. The van der Waals surface area contributed by atoms with Gasteiger partial charge in [-0.15, -0.1) is 0 Å². The van der Waals surface area contributed by atoms with E-state index >= 15 is 0 Å². The Morgan fingerprint density at radius 1 is 1.00 bits per heavy atom. The molecule has 0 nitrogen and oxygen atoms in total. The fourth-order valence-electron chi connectivity index (χ4n) is 0.167. The molecule has 0 saturated heterocycles. The molecule has 42 valence electrons. The van der Waals surface area contributed by atoms with E-state index in [0.29, 0.717) is 0 Å². The van der Waals surface area contributed by atoms with Crippen molar-refractivity contribution in [1.82, 2.24) is 0 Å². The zero-order valence-electron chi connectivity index (χ0n) is 8.23. The second kappa shape index (κ2) is 16.4. The van der Waals surface area contributed by atoms with E-state index in [1.165, 1.54) is 11.5 Å². The standard InChI is InChI=1S/C4H10S2.2Na.2H/c1-3-5-6-4-2;;;;/h3-4H2,1-2H3;;;;/q;2*+1;2*-1. The van der Waals surface area contributed by atoms with Crippen molar-refractivity contribution < 1.29 is 62.0 Å². The van der Waals surface area contributed by atoms with Crippen molar-refractivity contribution in [2.75, 3.05) is 11.5 Å². The zero-order chi connectivity index (χ0) is 4.83. The van der Waals surface area contributed by atoms with Crippen LogP contribution in [-0.2, 0) is 0 Å². The Hall–Kier alpha value is 2.70. The average Bonchev–Trinajstić information content (AvgIpc) is 1.61. The van der Waals surface area contributed by atoms with Crippen LogP contribution in [-0.4, -0.2) is 11.5 Å². The van der Waals surface area contributed by atoms with Crippen LogP contribution in [0.1, 0.15) is 16.7 Å². The third kappa shape index (κ3) is 15.9. The van der Waals surface area contributed by atoms with Gasteiger partial charge in [-0.05, 0) is 0 Å². The summed E-state index contributed by atoms with van der Waals surface area (Å²) in [6, 6.07) is 0. The van der Waals surface area contributed by atoms with Crippen molar-refractivity contribution in [2.24, 2.45) is 0 Å². The van der Waals surface area contributed by atoms with Crippen LogP contribution >= 0.6 is 21.6 Å². The smallest absolute Gasteiger partial charge is 1.00 e. The fourth-order valence-corrected chi connectivity index (χ4v) is 1.50. The Labute approximate surface area is 107 Å². The van der Waals surface area contributed by atoms with Gasteiger partial charge in [0, 0.05) is 11.5 Å².